The topological polar surface area (TPSA) is 81.1 Å². The highest BCUT2D eigenvalue weighted by Gasteiger charge is 2.05. The molecule has 0 rings (SSSR count). The smallest absolute Gasteiger partial charge is 0.235 e. The fraction of sp³-hybridized carbons (Fsp3) is 0.750. The van der Waals surface area contributed by atoms with E-state index in [0.29, 0.717) is 6.54 Å². The van der Waals surface area contributed by atoms with Crippen molar-refractivity contribution in [3.8, 4) is 0 Å². The van der Waals surface area contributed by atoms with Crippen molar-refractivity contribution in [3.63, 3.8) is 0 Å². The summed E-state index contributed by atoms with van der Waals surface area (Å²) in [4.78, 5) is 10.1. The van der Waals surface area contributed by atoms with Gasteiger partial charge in [-0.3, -0.25) is 4.79 Å². The molecule has 0 aliphatic carbocycles. The van der Waals surface area contributed by atoms with Crippen LogP contribution in [0.1, 0.15) is 0 Å². The first-order valence-corrected chi connectivity index (χ1v) is 2.38. The van der Waals surface area contributed by atoms with E-state index in [0.717, 1.165) is 0 Å². The molecule has 1 atom stereocenters. The molecule has 1 unspecified atom stereocenters. The van der Waals surface area contributed by atoms with Gasteiger partial charge in [0.25, 0.3) is 0 Å². The molecular formula is C4H11N3O. The van der Waals surface area contributed by atoms with Crippen molar-refractivity contribution in [1.82, 2.24) is 5.32 Å². The monoisotopic (exact) mass is 117 g/mol. The third kappa shape index (κ3) is 2.54. The van der Waals surface area contributed by atoms with Crippen LogP contribution in [-0.4, -0.2) is 25.5 Å². The lowest BCUT2D eigenvalue weighted by Crippen LogP contribution is -2.43. The predicted molar refractivity (Wildman–Crippen MR) is 31.1 cm³/mol. The molecule has 0 aromatic rings. The summed E-state index contributed by atoms with van der Waals surface area (Å²) in [6, 6.07) is -0.556. The number of carbonyl (C=O) groups is 1. The number of amides is 1. The van der Waals surface area contributed by atoms with Crippen LogP contribution >= 0.6 is 0 Å². The molecule has 4 heteroatoms. The maximum Gasteiger partial charge on any atom is 0.235 e. The Labute approximate surface area is 48.2 Å². The molecule has 0 saturated heterocycles. The molecule has 0 fully saturated rings. The molecule has 0 radical (unpaired) electrons. The van der Waals surface area contributed by atoms with Gasteiger partial charge in [0.05, 0.1) is 6.04 Å². The lowest BCUT2D eigenvalue weighted by Gasteiger charge is -2.03. The Morgan fingerprint density at radius 1 is 1.88 bits per heavy atom. The van der Waals surface area contributed by atoms with Gasteiger partial charge in [-0.25, -0.2) is 0 Å². The zero-order chi connectivity index (χ0) is 6.57. The fourth-order valence-corrected chi connectivity index (χ4v) is 0.321. The first kappa shape index (κ1) is 7.39. The summed E-state index contributed by atoms with van der Waals surface area (Å²) in [7, 11) is 1.71. The minimum Gasteiger partial charge on any atom is -0.368 e. The maximum atomic E-state index is 10.1. The second-order valence-electron chi connectivity index (χ2n) is 1.57. The third-order valence-electron chi connectivity index (χ3n) is 0.789. The molecule has 0 bridgehead atoms. The largest absolute Gasteiger partial charge is 0.368 e. The molecule has 0 aliphatic rings. The molecule has 0 aliphatic heterocycles. The van der Waals surface area contributed by atoms with Crippen molar-refractivity contribution < 1.29 is 4.79 Å². The zero-order valence-corrected chi connectivity index (χ0v) is 4.85. The van der Waals surface area contributed by atoms with Gasteiger partial charge in [-0.2, -0.15) is 0 Å². The normalized spacial score (nSPS) is 13.2. The minimum absolute atomic E-state index is 0.440. The number of likely N-dealkylation sites (N-methyl/N-ethyl adjacent to an activating group) is 1. The van der Waals surface area contributed by atoms with Crippen molar-refractivity contribution in [1.29, 1.82) is 0 Å². The number of rotatable bonds is 3. The van der Waals surface area contributed by atoms with Gasteiger partial charge in [0.2, 0.25) is 5.91 Å². The zero-order valence-electron chi connectivity index (χ0n) is 4.85. The maximum absolute atomic E-state index is 10.1. The van der Waals surface area contributed by atoms with Gasteiger partial charge in [0.1, 0.15) is 0 Å². The van der Waals surface area contributed by atoms with Gasteiger partial charge >= 0.3 is 0 Å². The number of primary amides is 1. The Balaban J connectivity index is 3.32. The molecule has 0 aromatic heterocycles. The number of nitrogens with one attached hydrogen (secondary N) is 1. The number of nitrogens with two attached hydrogens (primary N) is 2. The summed E-state index contributed by atoms with van der Waals surface area (Å²) < 4.78 is 0. The lowest BCUT2D eigenvalue weighted by molar-refractivity contribution is -0.119. The first-order chi connectivity index (χ1) is 3.68. The summed E-state index contributed by atoms with van der Waals surface area (Å²) in [6.45, 7) is 0.440. The molecule has 0 spiro atoms. The molecule has 48 valence electrons. The Hall–Kier alpha value is -0.610. The van der Waals surface area contributed by atoms with E-state index in [2.05, 4.69) is 5.32 Å². The Bertz CT molecular complexity index is 83.4. The van der Waals surface area contributed by atoms with Crippen LogP contribution in [0, 0.1) is 0 Å². The summed E-state index contributed by atoms with van der Waals surface area (Å²) in [5.41, 5.74) is 10.0. The van der Waals surface area contributed by atoms with Crippen molar-refractivity contribution in [3.05, 3.63) is 0 Å². The molecular weight excluding hydrogens is 106 g/mol. The van der Waals surface area contributed by atoms with E-state index in [1.807, 2.05) is 0 Å². The highest BCUT2D eigenvalue weighted by Crippen LogP contribution is 1.68. The SMILES string of the molecule is CNCC(N)C(N)=O. The minimum atomic E-state index is -0.556. The van der Waals surface area contributed by atoms with Gasteiger partial charge in [0, 0.05) is 6.54 Å². The van der Waals surface area contributed by atoms with Crippen molar-refractivity contribution in [2.45, 2.75) is 6.04 Å². The Kier molecular flexibility index (Phi) is 3.14. The number of hydrogen-bond donors (Lipinski definition) is 3. The molecule has 0 heterocycles. The molecule has 5 N–H and O–H groups in total. The van der Waals surface area contributed by atoms with Gasteiger partial charge in [-0.1, -0.05) is 0 Å². The van der Waals surface area contributed by atoms with Crippen molar-refractivity contribution in [2.24, 2.45) is 11.5 Å². The summed E-state index contributed by atoms with van der Waals surface area (Å²) in [5.74, 6) is -0.473. The fourth-order valence-electron chi connectivity index (χ4n) is 0.321. The van der Waals surface area contributed by atoms with Crippen LogP contribution < -0.4 is 16.8 Å². The van der Waals surface area contributed by atoms with Gasteiger partial charge in [-0.05, 0) is 7.05 Å². The van der Waals surface area contributed by atoms with E-state index < -0.39 is 11.9 Å². The van der Waals surface area contributed by atoms with Crippen LogP contribution in [0.4, 0.5) is 0 Å². The number of carbonyl (C=O) groups excluding carboxylic acids is 1. The lowest BCUT2D eigenvalue weighted by atomic mass is 10.3. The summed E-state index contributed by atoms with van der Waals surface area (Å²) >= 11 is 0. The van der Waals surface area contributed by atoms with E-state index in [9.17, 15) is 4.79 Å². The van der Waals surface area contributed by atoms with Crippen LogP contribution in [0.25, 0.3) is 0 Å². The second-order valence-corrected chi connectivity index (χ2v) is 1.57. The number of hydrogen-bond acceptors (Lipinski definition) is 3. The molecule has 0 saturated carbocycles. The first-order valence-electron chi connectivity index (χ1n) is 2.38. The third-order valence-corrected chi connectivity index (χ3v) is 0.789. The van der Waals surface area contributed by atoms with Gasteiger partial charge in [-0.15, -0.1) is 0 Å². The van der Waals surface area contributed by atoms with E-state index >= 15 is 0 Å². The second kappa shape index (κ2) is 3.40. The van der Waals surface area contributed by atoms with E-state index in [1.165, 1.54) is 0 Å². The van der Waals surface area contributed by atoms with Crippen LogP contribution in [-0.2, 0) is 4.79 Å². The van der Waals surface area contributed by atoms with Crippen molar-refractivity contribution >= 4 is 5.91 Å². The van der Waals surface area contributed by atoms with Crippen molar-refractivity contribution in [2.75, 3.05) is 13.6 Å². The highest BCUT2D eigenvalue weighted by molar-refractivity contribution is 5.79. The van der Waals surface area contributed by atoms with E-state index in [4.69, 9.17) is 11.5 Å². The Morgan fingerprint density at radius 2 is 2.38 bits per heavy atom. The van der Waals surface area contributed by atoms with Crippen LogP contribution in [0.3, 0.4) is 0 Å². The van der Waals surface area contributed by atoms with Gasteiger partial charge in [0.15, 0.2) is 0 Å². The highest BCUT2D eigenvalue weighted by atomic mass is 16.1. The molecule has 0 aromatic carbocycles. The predicted octanol–water partition coefficient (Wildman–Crippen LogP) is -1.98. The summed E-state index contributed by atoms with van der Waals surface area (Å²) in [6.07, 6.45) is 0. The summed E-state index contributed by atoms with van der Waals surface area (Å²) in [5, 5.41) is 2.72. The molecule has 1 amide bonds. The average Bonchev–Trinajstić information content (AvgIpc) is 1.67. The van der Waals surface area contributed by atoms with Crippen LogP contribution in [0.15, 0.2) is 0 Å². The average molecular weight is 117 g/mol. The van der Waals surface area contributed by atoms with Gasteiger partial charge < -0.3 is 16.8 Å². The van der Waals surface area contributed by atoms with E-state index in [-0.39, 0.29) is 0 Å². The quantitative estimate of drug-likeness (QED) is 0.400. The van der Waals surface area contributed by atoms with Crippen LogP contribution in [0.2, 0.25) is 0 Å². The van der Waals surface area contributed by atoms with E-state index in [1.54, 1.807) is 7.05 Å². The standard InChI is InChI=1S/C4H11N3O/c1-7-2-3(5)4(6)8/h3,7H,2,5H2,1H3,(H2,6,8). The van der Waals surface area contributed by atoms with Crippen LogP contribution in [0.5, 0.6) is 0 Å². The molecule has 8 heavy (non-hydrogen) atoms. The molecule has 4 nitrogen and oxygen atoms in total. The Morgan fingerprint density at radius 3 is 2.50 bits per heavy atom.